The molecule has 3 heterocycles. The average Bonchev–Trinajstić information content (AvgIpc) is 2.86. The van der Waals surface area contributed by atoms with Gasteiger partial charge in [0.15, 0.2) is 0 Å². The number of hydrogen-bond acceptors (Lipinski definition) is 4. The molecule has 9 heteroatoms. The third-order valence-corrected chi connectivity index (χ3v) is 4.17. The van der Waals surface area contributed by atoms with Gasteiger partial charge in [-0.15, -0.1) is 12.4 Å². The zero-order chi connectivity index (χ0) is 15.2. The van der Waals surface area contributed by atoms with Gasteiger partial charge in [-0.05, 0) is 25.5 Å². The van der Waals surface area contributed by atoms with Gasteiger partial charge in [-0.2, -0.15) is 0 Å². The normalized spacial score (nSPS) is 12.1. The van der Waals surface area contributed by atoms with Crippen LogP contribution in [0.15, 0.2) is 23.0 Å². The molecule has 120 valence electrons. The summed E-state index contributed by atoms with van der Waals surface area (Å²) in [6.07, 6.45) is 1.67. The molecule has 0 amide bonds. The van der Waals surface area contributed by atoms with Crippen LogP contribution >= 0.6 is 12.4 Å². The molecule has 0 atom stereocenters. The number of pyridine rings is 1. The smallest absolute Gasteiger partial charge is 0.278 e. The first kappa shape index (κ1) is 16.7. The molecular weight excluding hydrogens is 328 g/mol. The van der Waals surface area contributed by atoms with Crippen molar-refractivity contribution in [2.45, 2.75) is 19.9 Å². The highest BCUT2D eigenvalue weighted by atomic mass is 35.5. The van der Waals surface area contributed by atoms with Gasteiger partial charge in [-0.25, -0.2) is 18.1 Å². The van der Waals surface area contributed by atoms with Crippen molar-refractivity contribution >= 4 is 39.2 Å². The minimum atomic E-state index is -3.19. The van der Waals surface area contributed by atoms with Gasteiger partial charge in [0.25, 0.3) is 5.56 Å². The topological polar surface area (TPSA) is 85.5 Å². The molecule has 0 unspecified atom stereocenters. The van der Waals surface area contributed by atoms with Crippen molar-refractivity contribution in [2.24, 2.45) is 0 Å². The summed E-state index contributed by atoms with van der Waals surface area (Å²) in [7, 11) is -3.19. The van der Waals surface area contributed by atoms with Crippen molar-refractivity contribution in [1.29, 1.82) is 0 Å². The van der Waals surface area contributed by atoms with Gasteiger partial charge >= 0.3 is 0 Å². The van der Waals surface area contributed by atoms with Crippen LogP contribution in [-0.2, 0) is 16.6 Å². The maximum atomic E-state index is 12.5. The van der Waals surface area contributed by atoms with Crippen molar-refractivity contribution in [1.82, 2.24) is 18.7 Å². The second-order valence-electron chi connectivity index (χ2n) is 5.10. The molecule has 0 fully saturated rings. The van der Waals surface area contributed by atoms with E-state index in [9.17, 15) is 13.2 Å². The number of rotatable bonds is 5. The fourth-order valence-corrected chi connectivity index (χ4v) is 3.11. The van der Waals surface area contributed by atoms with Gasteiger partial charge in [0.1, 0.15) is 16.8 Å². The van der Waals surface area contributed by atoms with Gasteiger partial charge in [0.05, 0.1) is 11.9 Å². The molecule has 0 radical (unpaired) electrons. The minimum absolute atomic E-state index is 0. The van der Waals surface area contributed by atoms with E-state index in [0.29, 0.717) is 30.7 Å². The molecular formula is C13H17ClN4O3S. The quantitative estimate of drug-likeness (QED) is 0.692. The lowest BCUT2D eigenvalue weighted by atomic mass is 10.4. The van der Waals surface area contributed by atoms with Crippen LogP contribution in [0.5, 0.6) is 0 Å². The van der Waals surface area contributed by atoms with Crippen LogP contribution in [0.3, 0.4) is 0 Å². The van der Waals surface area contributed by atoms with E-state index in [-0.39, 0.29) is 18.0 Å². The van der Waals surface area contributed by atoms with Crippen LogP contribution in [0.2, 0.25) is 0 Å². The number of aryl methyl sites for hydroxylation is 2. The van der Waals surface area contributed by atoms with Crippen molar-refractivity contribution in [3.8, 4) is 0 Å². The maximum absolute atomic E-state index is 12.5. The first-order valence-corrected chi connectivity index (χ1v) is 8.52. The summed E-state index contributed by atoms with van der Waals surface area (Å²) in [6.45, 7) is 2.59. The summed E-state index contributed by atoms with van der Waals surface area (Å²) in [5, 5.41) is 0. The first-order chi connectivity index (χ1) is 9.88. The van der Waals surface area contributed by atoms with Crippen molar-refractivity contribution in [2.75, 3.05) is 12.8 Å². The average molecular weight is 345 g/mol. The molecule has 0 saturated carbocycles. The summed E-state index contributed by atoms with van der Waals surface area (Å²) in [4.78, 5) is 16.8. The number of nitrogens with zero attached hydrogens (tertiary/aromatic N) is 3. The molecule has 0 bridgehead atoms. The Balaban J connectivity index is 0.00000176. The Morgan fingerprint density at radius 1 is 1.32 bits per heavy atom. The molecule has 0 spiro atoms. The van der Waals surface area contributed by atoms with Crippen LogP contribution in [0.25, 0.3) is 16.8 Å². The maximum Gasteiger partial charge on any atom is 0.278 e. The van der Waals surface area contributed by atoms with Crippen molar-refractivity contribution in [3.05, 3.63) is 34.2 Å². The van der Waals surface area contributed by atoms with E-state index in [0.717, 1.165) is 17.6 Å². The number of hydrogen-bond donors (Lipinski definition) is 1. The summed E-state index contributed by atoms with van der Waals surface area (Å²) in [5.41, 5.74) is 2.76. The van der Waals surface area contributed by atoms with Gasteiger partial charge < -0.3 is 0 Å². The summed E-state index contributed by atoms with van der Waals surface area (Å²) in [6, 6.07) is 5.59. The zero-order valence-electron chi connectivity index (χ0n) is 12.2. The zero-order valence-corrected chi connectivity index (χ0v) is 13.9. The number of nitrogens with one attached hydrogen (secondary N) is 1. The van der Waals surface area contributed by atoms with E-state index < -0.39 is 10.0 Å². The second kappa shape index (κ2) is 5.86. The summed E-state index contributed by atoms with van der Waals surface area (Å²) >= 11 is 0. The molecule has 0 aliphatic carbocycles. The summed E-state index contributed by atoms with van der Waals surface area (Å²) in [5.74, 6) is 0. The molecule has 0 saturated heterocycles. The molecule has 7 nitrogen and oxygen atoms in total. The molecule has 3 aromatic rings. The van der Waals surface area contributed by atoms with E-state index in [1.807, 2.05) is 29.5 Å². The van der Waals surface area contributed by atoms with Gasteiger partial charge in [0, 0.05) is 13.1 Å². The molecule has 0 aromatic carbocycles. The third kappa shape index (κ3) is 2.81. The molecule has 3 aromatic heterocycles. The van der Waals surface area contributed by atoms with E-state index >= 15 is 0 Å². The molecule has 3 rings (SSSR count). The SMILES string of the molecule is Cc1nc2cccc3n(CCCNS(C)(=O)=O)c(=O)c1n23.Cl. The van der Waals surface area contributed by atoms with E-state index in [4.69, 9.17) is 0 Å². The van der Waals surface area contributed by atoms with Gasteiger partial charge in [-0.1, -0.05) is 6.07 Å². The predicted octanol–water partition coefficient (Wildman–Crippen LogP) is 0.757. The first-order valence-electron chi connectivity index (χ1n) is 6.63. The monoisotopic (exact) mass is 344 g/mol. The van der Waals surface area contributed by atoms with Crippen molar-refractivity contribution in [3.63, 3.8) is 0 Å². The van der Waals surface area contributed by atoms with Crippen LogP contribution in [0, 0.1) is 6.92 Å². The Bertz CT molecular complexity index is 961. The number of imidazole rings is 2. The predicted molar refractivity (Wildman–Crippen MR) is 87.6 cm³/mol. The number of aromatic nitrogens is 3. The number of sulfonamides is 1. The Hall–Kier alpha value is -1.64. The van der Waals surface area contributed by atoms with Crippen LogP contribution in [0.4, 0.5) is 0 Å². The largest absolute Gasteiger partial charge is 0.292 e. The highest BCUT2D eigenvalue weighted by molar-refractivity contribution is 7.88. The van der Waals surface area contributed by atoms with E-state index in [2.05, 4.69) is 9.71 Å². The Labute approximate surface area is 133 Å². The van der Waals surface area contributed by atoms with E-state index in [1.54, 1.807) is 4.57 Å². The van der Waals surface area contributed by atoms with Gasteiger partial charge in [-0.3, -0.25) is 13.8 Å². The van der Waals surface area contributed by atoms with Crippen LogP contribution < -0.4 is 10.3 Å². The van der Waals surface area contributed by atoms with Crippen LogP contribution in [-0.4, -0.2) is 35.2 Å². The Morgan fingerprint density at radius 2 is 2.05 bits per heavy atom. The Morgan fingerprint density at radius 3 is 2.73 bits per heavy atom. The lowest BCUT2D eigenvalue weighted by Crippen LogP contribution is -2.25. The highest BCUT2D eigenvalue weighted by Gasteiger charge is 2.17. The fourth-order valence-electron chi connectivity index (χ4n) is 2.59. The van der Waals surface area contributed by atoms with Crippen LogP contribution in [0.1, 0.15) is 12.1 Å². The highest BCUT2D eigenvalue weighted by Crippen LogP contribution is 2.17. The standard InChI is InChI=1S/C13H16N4O3S.ClH/c1-9-12-13(18)16(8-4-7-14-21(2,19)20)11-6-3-5-10(15-9)17(11)12;/h3,5-6,14H,4,7-8H2,1-2H3;1H. The summed E-state index contributed by atoms with van der Waals surface area (Å²) < 4.78 is 28.0. The van der Waals surface area contributed by atoms with E-state index in [1.165, 1.54) is 0 Å². The molecule has 1 N–H and O–H groups in total. The Kier molecular flexibility index (Phi) is 4.46. The van der Waals surface area contributed by atoms with Gasteiger partial charge in [0.2, 0.25) is 10.0 Å². The third-order valence-electron chi connectivity index (χ3n) is 3.44. The lowest BCUT2D eigenvalue weighted by Gasteiger charge is -2.05. The van der Waals surface area contributed by atoms with Crippen molar-refractivity contribution < 1.29 is 8.42 Å². The molecule has 0 aliphatic heterocycles. The second-order valence-corrected chi connectivity index (χ2v) is 6.93. The lowest BCUT2D eigenvalue weighted by molar-refractivity contribution is 0.576. The molecule has 22 heavy (non-hydrogen) atoms. The number of halogens is 1. The fraction of sp³-hybridized carbons (Fsp3) is 0.385. The molecule has 0 aliphatic rings. The minimum Gasteiger partial charge on any atom is -0.292 e.